The molecular weight excluding hydrogens is 606 g/mol. The fourth-order valence-electron chi connectivity index (χ4n) is 5.36. The molecule has 11 heteroatoms. The van der Waals surface area contributed by atoms with Gasteiger partial charge in [-0.25, -0.2) is 14.6 Å². The average Bonchev–Trinajstić information content (AvgIpc) is 3.57. The van der Waals surface area contributed by atoms with Gasteiger partial charge in [0.2, 0.25) is 5.95 Å². The number of carbonyl (C=O) groups excluding carboxylic acids is 3. The van der Waals surface area contributed by atoms with Gasteiger partial charge in [-0.05, 0) is 87.9 Å². The number of likely N-dealkylation sites (tertiary alicyclic amines) is 1. The Morgan fingerprint density at radius 3 is 2.46 bits per heavy atom. The molecule has 1 unspecified atom stereocenters. The summed E-state index contributed by atoms with van der Waals surface area (Å²) in [5, 5.41) is 3.50. The molecule has 1 N–H and O–H groups in total. The third-order valence-electron chi connectivity index (χ3n) is 8.18. The first-order valence-corrected chi connectivity index (χ1v) is 16.0. The first kappa shape index (κ1) is 34.8. The minimum absolute atomic E-state index is 0.119. The van der Waals surface area contributed by atoms with Gasteiger partial charge < -0.3 is 23.8 Å². The van der Waals surface area contributed by atoms with Gasteiger partial charge in [-0.2, -0.15) is 0 Å². The van der Waals surface area contributed by atoms with Crippen LogP contribution < -0.4 is 5.32 Å². The summed E-state index contributed by atoms with van der Waals surface area (Å²) in [5.74, 6) is 0.0208. The van der Waals surface area contributed by atoms with Crippen LogP contribution in [0.4, 0.5) is 15.5 Å². The van der Waals surface area contributed by atoms with E-state index in [-0.39, 0.29) is 36.1 Å². The number of amides is 3. The summed E-state index contributed by atoms with van der Waals surface area (Å²) in [5.41, 5.74) is 1.92. The smallest absolute Gasteiger partial charge is 0.410 e. The number of hydrogen-bond donors (Lipinski definition) is 1. The number of ether oxygens (including phenoxy) is 2. The second kappa shape index (κ2) is 14.2. The van der Waals surface area contributed by atoms with Crippen LogP contribution >= 0.6 is 11.6 Å². The summed E-state index contributed by atoms with van der Waals surface area (Å²) in [6.45, 7) is 18.9. The molecule has 2 aromatic carbocycles. The van der Waals surface area contributed by atoms with Crippen molar-refractivity contribution in [3.63, 3.8) is 0 Å². The van der Waals surface area contributed by atoms with Crippen molar-refractivity contribution in [2.75, 3.05) is 18.5 Å². The molecule has 46 heavy (non-hydrogen) atoms. The van der Waals surface area contributed by atoms with Crippen LogP contribution in [0.3, 0.4) is 0 Å². The summed E-state index contributed by atoms with van der Waals surface area (Å²) in [7, 11) is 0. The molecule has 2 heterocycles. The zero-order valence-electron chi connectivity index (χ0n) is 27.9. The molecule has 0 bridgehead atoms. The molecule has 1 aliphatic heterocycles. The lowest BCUT2D eigenvalue weighted by atomic mass is 9.87. The van der Waals surface area contributed by atoms with E-state index in [2.05, 4.69) is 32.7 Å². The Hall–Kier alpha value is -4.05. The lowest BCUT2D eigenvalue weighted by molar-refractivity contribution is 0.0215. The number of carbonyl (C=O) groups is 3. The van der Waals surface area contributed by atoms with E-state index in [9.17, 15) is 14.4 Å². The molecule has 2 atom stereocenters. The Labute approximate surface area is 276 Å². The van der Waals surface area contributed by atoms with Crippen molar-refractivity contribution >= 4 is 46.7 Å². The lowest BCUT2D eigenvalue weighted by Gasteiger charge is -2.37. The first-order valence-electron chi connectivity index (χ1n) is 15.7. The predicted octanol–water partition coefficient (Wildman–Crippen LogP) is 7.90. The van der Waals surface area contributed by atoms with E-state index in [0.29, 0.717) is 41.7 Å². The van der Waals surface area contributed by atoms with Gasteiger partial charge in [0.05, 0.1) is 17.1 Å². The van der Waals surface area contributed by atoms with E-state index in [1.807, 2.05) is 50.5 Å². The normalized spacial score (nSPS) is 15.8. The Morgan fingerprint density at radius 1 is 1.13 bits per heavy atom. The van der Waals surface area contributed by atoms with Crippen LogP contribution in [0.2, 0.25) is 5.02 Å². The molecular formula is C35H46ClN5O5. The standard InChI is InChI=1S/C35H46ClN5O5/c1-9-19-45-32(43)40(23(2)34(3,4)5)21-24-12-17-29-28(20-24)37-31(38-30(42)25-13-15-26(36)16-14-25)41(29)22-27-11-10-18-39(27)33(44)46-35(6,7)8/h9,12-17,20,23,27H,1,10-11,18-19,21-22H2,2-8H3,(H,37,38,42)/t23-,27?/m0/s1. The van der Waals surface area contributed by atoms with Crippen molar-refractivity contribution in [3.05, 3.63) is 71.3 Å². The number of imidazole rings is 1. The number of nitrogens with zero attached hydrogens (tertiary/aromatic N) is 4. The van der Waals surface area contributed by atoms with Crippen molar-refractivity contribution < 1.29 is 23.9 Å². The van der Waals surface area contributed by atoms with Crippen LogP contribution in [0.15, 0.2) is 55.1 Å². The molecule has 0 spiro atoms. The van der Waals surface area contributed by atoms with Crippen LogP contribution in [0, 0.1) is 5.41 Å². The third-order valence-corrected chi connectivity index (χ3v) is 8.43. The maximum Gasteiger partial charge on any atom is 0.410 e. The predicted molar refractivity (Wildman–Crippen MR) is 181 cm³/mol. The van der Waals surface area contributed by atoms with Crippen molar-refractivity contribution in [1.82, 2.24) is 19.4 Å². The van der Waals surface area contributed by atoms with Gasteiger partial charge in [-0.1, -0.05) is 51.1 Å². The van der Waals surface area contributed by atoms with Crippen molar-refractivity contribution in [2.45, 2.75) is 92.1 Å². The summed E-state index contributed by atoms with van der Waals surface area (Å²) in [6, 6.07) is 12.2. The van der Waals surface area contributed by atoms with Crippen LogP contribution in [-0.2, 0) is 22.6 Å². The van der Waals surface area contributed by atoms with Gasteiger partial charge in [0, 0.05) is 36.3 Å². The third kappa shape index (κ3) is 8.60. The fraction of sp³-hybridized carbons (Fsp3) is 0.486. The van der Waals surface area contributed by atoms with E-state index in [1.54, 1.807) is 40.1 Å². The van der Waals surface area contributed by atoms with Gasteiger partial charge in [-0.3, -0.25) is 10.1 Å². The number of aromatic nitrogens is 2. The topological polar surface area (TPSA) is 106 Å². The molecule has 4 rings (SSSR count). The minimum atomic E-state index is -0.615. The molecule has 0 aliphatic carbocycles. The SMILES string of the molecule is C=CCOC(=O)N(Cc1ccc2c(c1)nc(NC(=O)c1ccc(Cl)cc1)n2CC1CCCN1C(=O)OC(C)(C)C)[C@@H](C)C(C)(C)C. The van der Waals surface area contributed by atoms with E-state index >= 15 is 0 Å². The average molecular weight is 652 g/mol. The first-order chi connectivity index (χ1) is 21.6. The van der Waals surface area contributed by atoms with Crippen molar-refractivity contribution in [3.8, 4) is 0 Å². The monoisotopic (exact) mass is 651 g/mol. The maximum atomic E-state index is 13.3. The molecule has 1 saturated heterocycles. The number of anilines is 1. The molecule has 248 valence electrons. The molecule has 10 nitrogen and oxygen atoms in total. The summed E-state index contributed by atoms with van der Waals surface area (Å²) in [4.78, 5) is 47.8. The highest BCUT2D eigenvalue weighted by Crippen LogP contribution is 2.30. The minimum Gasteiger partial charge on any atom is -0.445 e. The highest BCUT2D eigenvalue weighted by Gasteiger charge is 2.34. The number of rotatable bonds is 9. The van der Waals surface area contributed by atoms with E-state index in [1.165, 1.54) is 0 Å². The number of benzene rings is 2. The number of hydrogen-bond acceptors (Lipinski definition) is 6. The quantitative estimate of drug-likeness (QED) is 0.236. The van der Waals surface area contributed by atoms with Gasteiger partial charge in [0.1, 0.15) is 12.2 Å². The molecule has 3 aromatic rings. The second-order valence-corrected chi connectivity index (χ2v) is 14.3. The lowest BCUT2D eigenvalue weighted by Crippen LogP contribution is -2.45. The highest BCUT2D eigenvalue weighted by molar-refractivity contribution is 6.30. The van der Waals surface area contributed by atoms with E-state index < -0.39 is 11.7 Å². The zero-order valence-corrected chi connectivity index (χ0v) is 28.7. The second-order valence-electron chi connectivity index (χ2n) is 13.8. The largest absolute Gasteiger partial charge is 0.445 e. The zero-order chi connectivity index (χ0) is 33.8. The molecule has 3 amide bonds. The van der Waals surface area contributed by atoms with Crippen LogP contribution in [0.25, 0.3) is 11.0 Å². The Kier molecular flexibility index (Phi) is 10.7. The van der Waals surface area contributed by atoms with Gasteiger partial charge in [-0.15, -0.1) is 0 Å². The summed E-state index contributed by atoms with van der Waals surface area (Å²) >= 11 is 6.04. The van der Waals surface area contributed by atoms with Crippen molar-refractivity contribution in [2.24, 2.45) is 5.41 Å². The Bertz CT molecular complexity index is 1570. The number of fused-ring (bicyclic) bond motifs is 1. The van der Waals surface area contributed by atoms with E-state index in [4.69, 9.17) is 26.1 Å². The van der Waals surface area contributed by atoms with Gasteiger partial charge in [0.15, 0.2) is 0 Å². The summed E-state index contributed by atoms with van der Waals surface area (Å²) in [6.07, 6.45) is 2.40. The summed E-state index contributed by atoms with van der Waals surface area (Å²) < 4.78 is 13.1. The van der Waals surface area contributed by atoms with Crippen molar-refractivity contribution in [1.29, 1.82) is 0 Å². The molecule has 0 saturated carbocycles. The van der Waals surface area contributed by atoms with Gasteiger partial charge >= 0.3 is 12.2 Å². The Morgan fingerprint density at radius 2 is 1.83 bits per heavy atom. The fourth-order valence-corrected chi connectivity index (χ4v) is 5.49. The maximum absolute atomic E-state index is 13.3. The molecule has 1 aromatic heterocycles. The number of halogens is 1. The highest BCUT2D eigenvalue weighted by atomic mass is 35.5. The van der Waals surface area contributed by atoms with Gasteiger partial charge in [0.25, 0.3) is 5.91 Å². The van der Waals surface area contributed by atoms with Crippen LogP contribution in [0.1, 0.15) is 77.2 Å². The molecule has 1 fully saturated rings. The Balaban J connectivity index is 1.70. The van der Waals surface area contributed by atoms with E-state index in [0.717, 1.165) is 23.9 Å². The molecule has 0 radical (unpaired) electrons. The van der Waals surface area contributed by atoms with Crippen LogP contribution in [-0.4, -0.2) is 68.3 Å². The van der Waals surface area contributed by atoms with Crippen LogP contribution in [0.5, 0.6) is 0 Å². The number of nitrogens with one attached hydrogen (secondary N) is 1. The molecule has 1 aliphatic rings.